The molecule has 0 unspecified atom stereocenters. The maximum absolute atomic E-state index is 13.5. The van der Waals surface area contributed by atoms with Crippen LogP contribution in [0.5, 0.6) is 0 Å². The van der Waals surface area contributed by atoms with Gasteiger partial charge in [0.15, 0.2) is 0 Å². The number of rotatable bonds is 5. The molecule has 136 valence electrons. The number of benzene rings is 2. The summed E-state index contributed by atoms with van der Waals surface area (Å²) in [7, 11) is -0.622. The van der Waals surface area contributed by atoms with Gasteiger partial charge in [0.05, 0.1) is 11.9 Å². The number of hydrogen-bond acceptors (Lipinski definition) is 5. The summed E-state index contributed by atoms with van der Waals surface area (Å²) >= 11 is 0. The Morgan fingerprint density at radius 3 is 2.58 bits per heavy atom. The van der Waals surface area contributed by atoms with E-state index < -0.39 is 10.0 Å². The van der Waals surface area contributed by atoms with Crippen molar-refractivity contribution in [1.29, 1.82) is 0 Å². The molecule has 0 atom stereocenters. The predicted molar refractivity (Wildman–Crippen MR) is 94.4 cm³/mol. The lowest BCUT2D eigenvalue weighted by molar-refractivity contribution is 0.588. The summed E-state index contributed by atoms with van der Waals surface area (Å²) in [6.45, 7) is 1.70. The number of tetrazole rings is 1. The van der Waals surface area contributed by atoms with Gasteiger partial charge < -0.3 is 0 Å². The van der Waals surface area contributed by atoms with Crippen molar-refractivity contribution in [2.45, 2.75) is 18.2 Å². The largest absolute Gasteiger partial charge is 0.240 e. The van der Waals surface area contributed by atoms with E-state index in [9.17, 15) is 12.8 Å². The molecule has 9 heteroatoms. The van der Waals surface area contributed by atoms with Crippen LogP contribution in [0.1, 0.15) is 16.7 Å². The van der Waals surface area contributed by atoms with Crippen LogP contribution in [0.4, 0.5) is 4.39 Å². The first-order valence-electron chi connectivity index (χ1n) is 7.86. The number of nitrogens with one attached hydrogen (secondary N) is 1. The Balaban J connectivity index is 2.10. The first-order chi connectivity index (χ1) is 12.3. The van der Waals surface area contributed by atoms with Crippen molar-refractivity contribution in [1.82, 2.24) is 24.9 Å². The average Bonchev–Trinajstić information content (AvgIpc) is 3.04. The molecular weight excluding hydrogens is 357 g/mol. The molecule has 0 fully saturated rings. The lowest BCUT2D eigenvalue weighted by Crippen LogP contribution is -2.18. The lowest BCUT2D eigenvalue weighted by atomic mass is 9.98. The second kappa shape index (κ2) is 6.93. The number of nitrogens with zero attached hydrogens (tertiary/aromatic N) is 4. The highest BCUT2D eigenvalue weighted by molar-refractivity contribution is 7.89. The molecule has 1 heterocycles. The molecule has 0 saturated carbocycles. The molecule has 1 aromatic heterocycles. The van der Waals surface area contributed by atoms with Crippen molar-refractivity contribution < 1.29 is 12.8 Å². The molecule has 0 radical (unpaired) electrons. The van der Waals surface area contributed by atoms with Crippen molar-refractivity contribution >= 4 is 10.0 Å². The molecular formula is C17H18FN5O2S. The number of halogens is 1. The highest BCUT2D eigenvalue weighted by Gasteiger charge is 2.18. The molecule has 7 nitrogen and oxygen atoms in total. The third-order valence-corrected chi connectivity index (χ3v) is 5.44. The fourth-order valence-corrected chi connectivity index (χ4v) is 3.39. The fraction of sp³-hybridized carbons (Fsp3) is 0.235. The van der Waals surface area contributed by atoms with Crippen molar-refractivity contribution in [2.75, 3.05) is 7.05 Å². The van der Waals surface area contributed by atoms with Crippen LogP contribution in [0.25, 0.3) is 11.4 Å². The van der Waals surface area contributed by atoms with E-state index in [1.165, 1.54) is 30.0 Å². The van der Waals surface area contributed by atoms with E-state index >= 15 is 0 Å². The summed E-state index contributed by atoms with van der Waals surface area (Å²) in [5.74, 6) is 0.0644. The summed E-state index contributed by atoms with van der Waals surface area (Å²) < 4.78 is 40.1. The molecule has 0 aliphatic rings. The zero-order valence-electron chi connectivity index (χ0n) is 14.6. The van der Waals surface area contributed by atoms with Crippen molar-refractivity contribution in [3.8, 4) is 11.4 Å². The van der Waals surface area contributed by atoms with Crippen LogP contribution >= 0.6 is 0 Å². The number of aromatic nitrogens is 4. The molecule has 26 heavy (non-hydrogen) atoms. The highest BCUT2D eigenvalue weighted by atomic mass is 32.2. The highest BCUT2D eigenvalue weighted by Crippen LogP contribution is 2.26. The molecule has 3 aromatic rings. The standard InChI is InChI=1S/C17H18FN5O2S/c1-11-8-12(4-7-16(11)18)9-13-5-6-14(26(24,25)19-2)10-15(13)17-20-22-23(3)21-17/h4-8,10,19H,9H2,1-3H3. The zero-order chi connectivity index (χ0) is 18.9. The Kier molecular flexibility index (Phi) is 4.84. The molecule has 2 aromatic carbocycles. The summed E-state index contributed by atoms with van der Waals surface area (Å²) in [6, 6.07) is 9.65. The lowest BCUT2D eigenvalue weighted by Gasteiger charge is -2.11. The first kappa shape index (κ1) is 18.2. The SMILES string of the molecule is CNS(=O)(=O)c1ccc(Cc2ccc(F)c(C)c2)c(-c2nnn(C)n2)c1. The van der Waals surface area contributed by atoms with Gasteiger partial charge in [0.2, 0.25) is 15.8 Å². The van der Waals surface area contributed by atoms with Crippen LogP contribution in [0, 0.1) is 12.7 Å². The molecule has 0 bridgehead atoms. The smallest absolute Gasteiger partial charge is 0.214 e. The van der Waals surface area contributed by atoms with Gasteiger partial charge in [-0.2, -0.15) is 4.80 Å². The van der Waals surface area contributed by atoms with E-state index in [1.54, 1.807) is 32.2 Å². The molecule has 0 saturated heterocycles. The van der Waals surface area contributed by atoms with E-state index in [0.717, 1.165) is 11.1 Å². The quantitative estimate of drug-likeness (QED) is 0.735. The van der Waals surface area contributed by atoms with Gasteiger partial charge >= 0.3 is 0 Å². The van der Waals surface area contributed by atoms with Crippen molar-refractivity contribution in [3.05, 3.63) is 58.9 Å². The van der Waals surface area contributed by atoms with Gasteiger partial charge in [0, 0.05) is 5.56 Å². The van der Waals surface area contributed by atoms with Gasteiger partial charge in [0.1, 0.15) is 5.82 Å². The van der Waals surface area contributed by atoms with Crippen LogP contribution < -0.4 is 4.72 Å². The van der Waals surface area contributed by atoms with E-state index in [-0.39, 0.29) is 10.7 Å². The normalized spacial score (nSPS) is 11.7. The van der Waals surface area contributed by atoms with E-state index in [2.05, 4.69) is 20.1 Å². The summed E-state index contributed by atoms with van der Waals surface area (Å²) in [4.78, 5) is 1.42. The fourth-order valence-electron chi connectivity index (χ4n) is 2.63. The van der Waals surface area contributed by atoms with Gasteiger partial charge in [-0.25, -0.2) is 17.5 Å². The molecule has 0 amide bonds. The minimum Gasteiger partial charge on any atom is -0.214 e. The van der Waals surface area contributed by atoms with Crippen molar-refractivity contribution in [3.63, 3.8) is 0 Å². The molecule has 3 rings (SSSR count). The summed E-state index contributed by atoms with van der Waals surface area (Å²) in [5, 5.41) is 12.0. The summed E-state index contributed by atoms with van der Waals surface area (Å²) in [6.07, 6.45) is 0.481. The number of hydrogen-bond donors (Lipinski definition) is 1. The Morgan fingerprint density at radius 1 is 1.19 bits per heavy atom. The molecule has 1 N–H and O–H groups in total. The van der Waals surface area contributed by atoms with Crippen LogP contribution in [0.2, 0.25) is 0 Å². The second-order valence-corrected chi connectivity index (χ2v) is 7.78. The topological polar surface area (TPSA) is 89.8 Å². The maximum atomic E-state index is 13.5. The van der Waals surface area contributed by atoms with Crippen molar-refractivity contribution in [2.24, 2.45) is 7.05 Å². The van der Waals surface area contributed by atoms with E-state index in [0.29, 0.717) is 23.4 Å². The van der Waals surface area contributed by atoms with Gasteiger partial charge in [-0.3, -0.25) is 0 Å². The number of sulfonamides is 1. The minimum absolute atomic E-state index is 0.112. The van der Waals surface area contributed by atoms with Gasteiger partial charge in [-0.05, 0) is 60.5 Å². The first-order valence-corrected chi connectivity index (χ1v) is 9.34. The van der Waals surface area contributed by atoms with Crippen LogP contribution in [-0.4, -0.2) is 35.7 Å². The Labute approximate surface area is 150 Å². The van der Waals surface area contributed by atoms with Crippen LogP contribution in [0.15, 0.2) is 41.3 Å². The van der Waals surface area contributed by atoms with Gasteiger partial charge in [-0.15, -0.1) is 10.2 Å². The minimum atomic E-state index is -3.61. The third kappa shape index (κ3) is 3.63. The second-order valence-electron chi connectivity index (χ2n) is 5.89. The number of aryl methyl sites for hydroxylation is 2. The van der Waals surface area contributed by atoms with Crippen LogP contribution in [0.3, 0.4) is 0 Å². The van der Waals surface area contributed by atoms with Gasteiger partial charge in [-0.1, -0.05) is 18.2 Å². The Bertz CT molecular complexity index is 1060. The molecule has 0 spiro atoms. The zero-order valence-corrected chi connectivity index (χ0v) is 15.4. The van der Waals surface area contributed by atoms with E-state index in [4.69, 9.17) is 0 Å². The Morgan fingerprint density at radius 2 is 1.96 bits per heavy atom. The maximum Gasteiger partial charge on any atom is 0.240 e. The Hall–Kier alpha value is -2.65. The predicted octanol–water partition coefficient (Wildman–Crippen LogP) is 1.82. The van der Waals surface area contributed by atoms with Gasteiger partial charge in [0.25, 0.3) is 0 Å². The average molecular weight is 375 g/mol. The van der Waals surface area contributed by atoms with Crippen LogP contribution in [-0.2, 0) is 23.5 Å². The summed E-state index contributed by atoms with van der Waals surface area (Å²) in [5.41, 5.74) is 2.84. The molecule has 0 aliphatic heterocycles. The van der Waals surface area contributed by atoms with E-state index in [1.807, 2.05) is 0 Å². The third-order valence-electron chi connectivity index (χ3n) is 4.03. The molecule has 0 aliphatic carbocycles. The monoisotopic (exact) mass is 375 g/mol.